The first-order valence-electron chi connectivity index (χ1n) is 3.11. The molecule has 1 aromatic carbocycles. The molecule has 0 bridgehead atoms. The van der Waals surface area contributed by atoms with Crippen LogP contribution >= 0.6 is 25.0 Å². The highest BCUT2D eigenvalue weighted by Crippen LogP contribution is 2.09. The van der Waals surface area contributed by atoms with Gasteiger partial charge in [0.05, 0.1) is 12.7 Å². The first-order valence-corrected chi connectivity index (χ1v) is 3.56. The minimum absolute atomic E-state index is 0. The summed E-state index contributed by atoms with van der Waals surface area (Å²) in [5, 5.41) is 0. The fourth-order valence-electron chi connectivity index (χ4n) is 0.751. The first-order chi connectivity index (χ1) is 5.24. The van der Waals surface area contributed by atoms with Crippen LogP contribution in [0.2, 0.25) is 0 Å². The summed E-state index contributed by atoms with van der Waals surface area (Å²) in [6, 6.07) is 6.91. The average molecular weight is 205 g/mol. The fraction of sp³-hybridized carbons (Fsp3) is 0.125. The molecule has 0 aliphatic rings. The molecule has 12 heavy (non-hydrogen) atoms. The predicted octanol–water partition coefficient (Wildman–Crippen LogP) is 2.18. The van der Waals surface area contributed by atoms with Gasteiger partial charge in [-0.2, -0.15) is 0 Å². The number of carbonyl (C=O) groups excluding carboxylic acids is 1. The van der Waals surface area contributed by atoms with E-state index >= 15 is 0 Å². The van der Waals surface area contributed by atoms with Crippen molar-refractivity contribution in [3.05, 3.63) is 29.8 Å². The molecule has 0 amide bonds. The minimum atomic E-state index is -0.332. The maximum absolute atomic E-state index is 10.9. The van der Waals surface area contributed by atoms with E-state index in [4.69, 9.17) is 0 Å². The zero-order chi connectivity index (χ0) is 8.27. The lowest BCUT2D eigenvalue weighted by Gasteiger charge is -1.98. The Bertz CT molecular complexity index is 276. The quantitative estimate of drug-likeness (QED) is 0.561. The van der Waals surface area contributed by atoms with E-state index in [0.29, 0.717) is 5.56 Å². The Labute approximate surface area is 82.7 Å². The standard InChI is InChI=1S/C8H8O2S.ClH/c1-10-8(9)6-3-2-4-7(11)5-6;/h2-5,11H,1H3;1H. The second kappa shape index (κ2) is 5.06. The number of halogens is 1. The number of rotatable bonds is 1. The first kappa shape index (κ1) is 11.3. The summed E-state index contributed by atoms with van der Waals surface area (Å²) < 4.78 is 4.52. The molecule has 0 unspecified atom stereocenters. The van der Waals surface area contributed by atoms with E-state index in [9.17, 15) is 4.79 Å². The highest BCUT2D eigenvalue weighted by Gasteiger charge is 2.02. The molecule has 0 fully saturated rings. The van der Waals surface area contributed by atoms with Gasteiger partial charge in [-0.1, -0.05) is 6.07 Å². The van der Waals surface area contributed by atoms with Crippen molar-refractivity contribution in [2.24, 2.45) is 0 Å². The van der Waals surface area contributed by atoms with Crippen LogP contribution in [0.5, 0.6) is 0 Å². The van der Waals surface area contributed by atoms with Crippen molar-refractivity contribution < 1.29 is 9.53 Å². The van der Waals surface area contributed by atoms with Crippen molar-refractivity contribution in [1.29, 1.82) is 0 Å². The molecule has 1 rings (SSSR count). The van der Waals surface area contributed by atoms with Crippen molar-refractivity contribution >= 4 is 31.0 Å². The average Bonchev–Trinajstić information content (AvgIpc) is 2.03. The Morgan fingerprint density at radius 2 is 2.17 bits per heavy atom. The van der Waals surface area contributed by atoms with Crippen LogP contribution in [0.1, 0.15) is 10.4 Å². The number of hydrogen-bond donors (Lipinski definition) is 1. The second-order valence-electron chi connectivity index (χ2n) is 2.04. The van der Waals surface area contributed by atoms with E-state index in [-0.39, 0.29) is 18.4 Å². The zero-order valence-corrected chi connectivity index (χ0v) is 8.19. The normalized spacial score (nSPS) is 8.50. The molecule has 0 saturated heterocycles. The SMILES string of the molecule is COC(=O)c1cccc(S)c1.Cl. The second-order valence-corrected chi connectivity index (χ2v) is 2.56. The Hall–Kier alpha value is -0.670. The van der Waals surface area contributed by atoms with Crippen molar-refractivity contribution in [2.45, 2.75) is 4.90 Å². The van der Waals surface area contributed by atoms with Crippen LogP contribution in [-0.2, 0) is 4.74 Å². The van der Waals surface area contributed by atoms with E-state index in [2.05, 4.69) is 17.4 Å². The molecule has 0 atom stereocenters. The van der Waals surface area contributed by atoms with Gasteiger partial charge < -0.3 is 4.74 Å². The lowest BCUT2D eigenvalue weighted by Crippen LogP contribution is -2.00. The van der Waals surface area contributed by atoms with Gasteiger partial charge in [0.1, 0.15) is 0 Å². The molecule has 0 aliphatic carbocycles. The molecular weight excluding hydrogens is 196 g/mol. The third kappa shape index (κ3) is 2.75. The van der Waals surface area contributed by atoms with E-state index in [0.717, 1.165) is 4.90 Å². The molecule has 66 valence electrons. The molecule has 0 aliphatic heterocycles. The lowest BCUT2D eigenvalue weighted by atomic mass is 10.2. The Morgan fingerprint density at radius 1 is 1.50 bits per heavy atom. The van der Waals surface area contributed by atoms with Crippen LogP contribution in [0.3, 0.4) is 0 Å². The maximum atomic E-state index is 10.9. The van der Waals surface area contributed by atoms with Crippen LogP contribution in [0, 0.1) is 0 Å². The topological polar surface area (TPSA) is 26.3 Å². The van der Waals surface area contributed by atoms with Crippen molar-refractivity contribution in [3.63, 3.8) is 0 Å². The summed E-state index contributed by atoms with van der Waals surface area (Å²) in [5.41, 5.74) is 0.528. The molecule has 4 heteroatoms. The smallest absolute Gasteiger partial charge is 0.337 e. The molecule has 0 N–H and O–H groups in total. The summed E-state index contributed by atoms with van der Waals surface area (Å²) in [7, 11) is 1.35. The highest BCUT2D eigenvalue weighted by atomic mass is 35.5. The van der Waals surface area contributed by atoms with Gasteiger partial charge in [-0.3, -0.25) is 0 Å². The van der Waals surface area contributed by atoms with Gasteiger partial charge in [-0.15, -0.1) is 25.0 Å². The molecule has 0 spiro atoms. The van der Waals surface area contributed by atoms with Gasteiger partial charge in [-0.05, 0) is 18.2 Å². The van der Waals surface area contributed by atoms with Gasteiger partial charge >= 0.3 is 5.97 Å². The summed E-state index contributed by atoms with van der Waals surface area (Å²) in [4.78, 5) is 11.7. The zero-order valence-electron chi connectivity index (χ0n) is 6.48. The highest BCUT2D eigenvalue weighted by molar-refractivity contribution is 7.80. The number of thiol groups is 1. The molecular formula is C8H9ClO2S. The minimum Gasteiger partial charge on any atom is -0.465 e. The largest absolute Gasteiger partial charge is 0.465 e. The van der Waals surface area contributed by atoms with Crippen LogP contribution < -0.4 is 0 Å². The van der Waals surface area contributed by atoms with Crippen LogP contribution in [0.15, 0.2) is 29.2 Å². The van der Waals surface area contributed by atoms with Gasteiger partial charge in [0.15, 0.2) is 0 Å². The number of carbonyl (C=O) groups is 1. The molecule has 0 aromatic heterocycles. The fourth-order valence-corrected chi connectivity index (χ4v) is 0.976. The molecule has 0 saturated carbocycles. The van der Waals surface area contributed by atoms with Gasteiger partial charge in [0.2, 0.25) is 0 Å². The lowest BCUT2D eigenvalue weighted by molar-refractivity contribution is 0.0600. The van der Waals surface area contributed by atoms with Gasteiger partial charge in [-0.25, -0.2) is 4.79 Å². The molecule has 0 radical (unpaired) electrons. The maximum Gasteiger partial charge on any atom is 0.337 e. The molecule has 2 nitrogen and oxygen atoms in total. The Balaban J connectivity index is 0.00000121. The van der Waals surface area contributed by atoms with E-state index in [1.807, 2.05) is 0 Å². The van der Waals surface area contributed by atoms with Crippen LogP contribution in [0.25, 0.3) is 0 Å². The van der Waals surface area contributed by atoms with E-state index < -0.39 is 0 Å². The summed E-state index contributed by atoms with van der Waals surface area (Å²) >= 11 is 4.08. The van der Waals surface area contributed by atoms with E-state index in [1.165, 1.54) is 7.11 Å². The third-order valence-corrected chi connectivity index (χ3v) is 1.55. The van der Waals surface area contributed by atoms with Gasteiger partial charge in [0.25, 0.3) is 0 Å². The van der Waals surface area contributed by atoms with E-state index in [1.54, 1.807) is 24.3 Å². The Morgan fingerprint density at radius 3 is 2.67 bits per heavy atom. The Kier molecular flexibility index (Phi) is 4.78. The number of methoxy groups -OCH3 is 1. The number of hydrogen-bond acceptors (Lipinski definition) is 3. The summed E-state index contributed by atoms with van der Waals surface area (Å²) in [5.74, 6) is -0.332. The molecule has 0 heterocycles. The van der Waals surface area contributed by atoms with Crippen molar-refractivity contribution in [2.75, 3.05) is 7.11 Å². The number of benzene rings is 1. The van der Waals surface area contributed by atoms with Crippen LogP contribution in [0.4, 0.5) is 0 Å². The van der Waals surface area contributed by atoms with Crippen molar-refractivity contribution in [1.82, 2.24) is 0 Å². The summed E-state index contributed by atoms with van der Waals surface area (Å²) in [6.45, 7) is 0. The van der Waals surface area contributed by atoms with Gasteiger partial charge in [0, 0.05) is 4.90 Å². The number of esters is 1. The monoisotopic (exact) mass is 204 g/mol. The van der Waals surface area contributed by atoms with Crippen molar-refractivity contribution in [3.8, 4) is 0 Å². The van der Waals surface area contributed by atoms with Crippen LogP contribution in [-0.4, -0.2) is 13.1 Å². The molecule has 1 aromatic rings. The number of ether oxygens (including phenoxy) is 1. The predicted molar refractivity (Wildman–Crippen MR) is 52.3 cm³/mol. The third-order valence-electron chi connectivity index (χ3n) is 1.27. The summed E-state index contributed by atoms with van der Waals surface area (Å²) in [6.07, 6.45) is 0.